The summed E-state index contributed by atoms with van der Waals surface area (Å²) in [5.41, 5.74) is 4.82. The molecule has 1 N–H and O–H groups in total. The van der Waals surface area contributed by atoms with Crippen LogP contribution in [0.25, 0.3) is 0 Å². The maximum Gasteiger partial charge on any atom is 0.264 e. The summed E-state index contributed by atoms with van der Waals surface area (Å²) in [6.45, 7) is 6.03. The fourth-order valence-electron chi connectivity index (χ4n) is 4.06. The van der Waals surface area contributed by atoms with Gasteiger partial charge < -0.3 is 14.8 Å². The van der Waals surface area contributed by atoms with Gasteiger partial charge >= 0.3 is 0 Å². The van der Waals surface area contributed by atoms with E-state index in [1.54, 1.807) is 18.2 Å². The van der Waals surface area contributed by atoms with Crippen LogP contribution >= 0.6 is 11.8 Å². The zero-order valence-corrected chi connectivity index (χ0v) is 24.2. The fourth-order valence-corrected chi connectivity index (χ4v) is 6.51. The van der Waals surface area contributed by atoms with Crippen LogP contribution in [-0.4, -0.2) is 47.4 Å². The van der Waals surface area contributed by atoms with Crippen molar-refractivity contribution in [1.29, 1.82) is 0 Å². The van der Waals surface area contributed by atoms with Crippen molar-refractivity contribution < 1.29 is 22.7 Å². The maximum absolute atomic E-state index is 13.8. The van der Waals surface area contributed by atoms with Gasteiger partial charge in [-0.2, -0.15) is 11.8 Å². The molecule has 3 rings (SSSR count). The lowest BCUT2D eigenvalue weighted by Gasteiger charge is -2.25. The smallest absolute Gasteiger partial charge is 0.264 e. The number of thioether (sulfide) groups is 1. The number of anilines is 1. The molecule has 0 aliphatic carbocycles. The Labute approximate surface area is 230 Å². The first kappa shape index (κ1) is 29.4. The van der Waals surface area contributed by atoms with Crippen molar-refractivity contribution in [2.24, 2.45) is 0 Å². The highest BCUT2D eigenvalue weighted by Crippen LogP contribution is 2.32. The van der Waals surface area contributed by atoms with Crippen molar-refractivity contribution in [3.8, 4) is 11.5 Å². The molecule has 0 heterocycles. The number of hydrogen-bond donors (Lipinski definition) is 1. The van der Waals surface area contributed by atoms with Gasteiger partial charge in [0.1, 0.15) is 6.54 Å². The molecule has 0 aliphatic heterocycles. The number of hydrogen-bond acceptors (Lipinski definition) is 6. The van der Waals surface area contributed by atoms with Crippen LogP contribution in [-0.2, 0) is 20.6 Å². The molecule has 38 heavy (non-hydrogen) atoms. The molecule has 1 amide bonds. The normalized spacial score (nSPS) is 11.2. The van der Waals surface area contributed by atoms with Gasteiger partial charge in [-0.1, -0.05) is 30.3 Å². The molecule has 0 aliphatic rings. The number of nitrogens with one attached hydrogen (secondary N) is 1. The molecule has 7 nitrogen and oxygen atoms in total. The quantitative estimate of drug-likeness (QED) is 0.289. The SMILES string of the molecule is COc1ccc(S(=O)(=O)N(CC(=O)NCCCSCc2ccccc2C)c2cc(C)cc(C)c2)cc1OC. The second-order valence-electron chi connectivity index (χ2n) is 9.06. The lowest BCUT2D eigenvalue weighted by Crippen LogP contribution is -2.41. The third-order valence-electron chi connectivity index (χ3n) is 6.03. The number of nitrogens with zero attached hydrogens (tertiary/aromatic N) is 1. The molecule has 0 unspecified atom stereocenters. The molecule has 0 spiro atoms. The third kappa shape index (κ3) is 7.68. The van der Waals surface area contributed by atoms with Gasteiger partial charge in [0, 0.05) is 18.4 Å². The Hall–Kier alpha value is -3.17. The second kappa shape index (κ2) is 13.6. The van der Waals surface area contributed by atoms with E-state index in [4.69, 9.17) is 9.47 Å². The first-order valence-corrected chi connectivity index (χ1v) is 15.0. The summed E-state index contributed by atoms with van der Waals surface area (Å²) in [4.78, 5) is 12.9. The summed E-state index contributed by atoms with van der Waals surface area (Å²) in [5, 5.41) is 2.88. The van der Waals surface area contributed by atoms with Crippen LogP contribution in [0.5, 0.6) is 11.5 Å². The highest BCUT2D eigenvalue weighted by Gasteiger charge is 2.28. The van der Waals surface area contributed by atoms with Crippen molar-refractivity contribution in [3.63, 3.8) is 0 Å². The van der Waals surface area contributed by atoms with Crippen LogP contribution in [0.4, 0.5) is 5.69 Å². The summed E-state index contributed by atoms with van der Waals surface area (Å²) >= 11 is 1.81. The number of rotatable bonds is 13. The summed E-state index contributed by atoms with van der Waals surface area (Å²) in [5.74, 6) is 2.16. The first-order chi connectivity index (χ1) is 18.1. The van der Waals surface area contributed by atoms with Gasteiger partial charge in [-0.15, -0.1) is 0 Å². The Balaban J connectivity index is 1.70. The van der Waals surface area contributed by atoms with Gasteiger partial charge in [0.15, 0.2) is 11.5 Å². The van der Waals surface area contributed by atoms with Gasteiger partial charge in [0.05, 0.1) is 24.8 Å². The Morgan fingerprint density at radius 1 is 0.921 bits per heavy atom. The molecule has 0 bridgehead atoms. The predicted molar refractivity (Wildman–Crippen MR) is 155 cm³/mol. The largest absolute Gasteiger partial charge is 0.493 e. The standard InChI is InChI=1S/C29H36N2O5S2/c1-21-15-22(2)17-25(16-21)31(38(33,34)26-11-12-27(35-4)28(18-26)36-5)19-29(32)30-13-8-14-37-20-24-10-7-6-9-23(24)3/h6-7,9-12,15-18H,8,13-14,19-20H2,1-5H3,(H,30,32). The molecule has 0 aromatic heterocycles. The van der Waals surface area contributed by atoms with Crippen LogP contribution in [0.1, 0.15) is 28.7 Å². The Kier molecular flexibility index (Phi) is 10.5. The topological polar surface area (TPSA) is 84.9 Å². The van der Waals surface area contributed by atoms with Gasteiger partial charge in [-0.3, -0.25) is 9.10 Å². The minimum atomic E-state index is -4.08. The summed E-state index contributed by atoms with van der Waals surface area (Å²) in [7, 11) is -1.15. The molecule has 9 heteroatoms. The summed E-state index contributed by atoms with van der Waals surface area (Å²) < 4.78 is 39.3. The highest BCUT2D eigenvalue weighted by atomic mass is 32.2. The van der Waals surface area contributed by atoms with Crippen LogP contribution in [0, 0.1) is 20.8 Å². The fraction of sp³-hybridized carbons (Fsp3) is 0.345. The zero-order valence-electron chi connectivity index (χ0n) is 22.6. The minimum absolute atomic E-state index is 0.00899. The van der Waals surface area contributed by atoms with Gasteiger partial charge in [0.2, 0.25) is 5.91 Å². The lowest BCUT2D eigenvalue weighted by atomic mass is 10.1. The van der Waals surface area contributed by atoms with E-state index in [2.05, 4.69) is 24.4 Å². The molecule has 3 aromatic rings. The molecule has 0 radical (unpaired) electrons. The molecule has 0 saturated carbocycles. The van der Waals surface area contributed by atoms with E-state index in [1.807, 2.05) is 43.8 Å². The van der Waals surface area contributed by atoms with Crippen LogP contribution < -0.4 is 19.1 Å². The zero-order chi connectivity index (χ0) is 27.7. The van der Waals surface area contributed by atoms with E-state index >= 15 is 0 Å². The van der Waals surface area contributed by atoms with Gasteiger partial charge in [-0.25, -0.2) is 8.42 Å². The van der Waals surface area contributed by atoms with E-state index in [-0.39, 0.29) is 17.3 Å². The molecule has 204 valence electrons. The average molecular weight is 557 g/mol. The van der Waals surface area contributed by atoms with Crippen molar-refractivity contribution in [1.82, 2.24) is 5.32 Å². The Bertz CT molecular complexity index is 1340. The minimum Gasteiger partial charge on any atom is -0.493 e. The highest BCUT2D eigenvalue weighted by molar-refractivity contribution is 7.98. The van der Waals surface area contributed by atoms with E-state index in [0.717, 1.165) is 33.4 Å². The van der Waals surface area contributed by atoms with Crippen LogP contribution in [0.2, 0.25) is 0 Å². The van der Waals surface area contributed by atoms with Crippen molar-refractivity contribution in [2.45, 2.75) is 37.8 Å². The number of benzene rings is 3. The maximum atomic E-state index is 13.8. The molecular formula is C29H36N2O5S2. The number of carbonyl (C=O) groups excluding carboxylic acids is 1. The number of amides is 1. The van der Waals surface area contributed by atoms with Gasteiger partial charge in [0.25, 0.3) is 10.0 Å². The monoisotopic (exact) mass is 556 g/mol. The Morgan fingerprint density at radius 3 is 2.26 bits per heavy atom. The molecule has 0 saturated heterocycles. The lowest BCUT2D eigenvalue weighted by molar-refractivity contribution is -0.119. The van der Waals surface area contributed by atoms with Gasteiger partial charge in [-0.05, 0) is 79.5 Å². The average Bonchev–Trinajstić information content (AvgIpc) is 2.89. The second-order valence-corrected chi connectivity index (χ2v) is 12.0. The van der Waals surface area contributed by atoms with Crippen molar-refractivity contribution in [2.75, 3.05) is 37.4 Å². The Morgan fingerprint density at radius 2 is 1.61 bits per heavy atom. The van der Waals surface area contributed by atoms with E-state index in [9.17, 15) is 13.2 Å². The summed E-state index contributed by atoms with van der Waals surface area (Å²) in [6.07, 6.45) is 0.786. The third-order valence-corrected chi connectivity index (χ3v) is 8.89. The molecule has 0 atom stereocenters. The van der Waals surface area contributed by atoms with E-state index in [1.165, 1.54) is 37.5 Å². The number of sulfonamides is 1. The van der Waals surface area contributed by atoms with E-state index < -0.39 is 10.0 Å². The molecular weight excluding hydrogens is 520 g/mol. The van der Waals surface area contributed by atoms with Crippen LogP contribution in [0.15, 0.2) is 65.6 Å². The van der Waals surface area contributed by atoms with Crippen molar-refractivity contribution >= 4 is 33.4 Å². The number of carbonyl (C=O) groups is 1. The van der Waals surface area contributed by atoms with E-state index in [0.29, 0.717) is 23.7 Å². The molecule has 3 aromatic carbocycles. The number of ether oxygens (including phenoxy) is 2. The van der Waals surface area contributed by atoms with Crippen molar-refractivity contribution in [3.05, 3.63) is 82.9 Å². The molecule has 0 fully saturated rings. The first-order valence-electron chi connectivity index (χ1n) is 12.4. The summed E-state index contributed by atoms with van der Waals surface area (Å²) in [6, 6.07) is 18.2. The number of methoxy groups -OCH3 is 2. The van der Waals surface area contributed by atoms with Crippen LogP contribution in [0.3, 0.4) is 0 Å². The number of aryl methyl sites for hydroxylation is 3. The predicted octanol–water partition coefficient (Wildman–Crippen LogP) is 5.26.